The number of nitrogens with one attached hydrogen (secondary N) is 1. The van der Waals surface area contributed by atoms with E-state index in [0.29, 0.717) is 0 Å². The predicted octanol–water partition coefficient (Wildman–Crippen LogP) is 2.43. The molecule has 98 valence electrons. The first-order chi connectivity index (χ1) is 8.78. The average molecular weight is 264 g/mol. The Kier molecular flexibility index (Phi) is 4.49. The third-order valence-electron chi connectivity index (χ3n) is 3.15. The normalized spacial score (nSPS) is 12.8. The molecule has 0 spiro atoms. The van der Waals surface area contributed by atoms with Crippen molar-refractivity contribution in [2.24, 2.45) is 0 Å². The molecule has 2 aromatic heterocycles. The van der Waals surface area contributed by atoms with Crippen LogP contribution in [0.15, 0.2) is 17.0 Å². The first kappa shape index (κ1) is 13.2. The van der Waals surface area contributed by atoms with Gasteiger partial charge in [-0.25, -0.2) is 4.98 Å². The lowest BCUT2D eigenvalue weighted by atomic mass is 10.1. The van der Waals surface area contributed by atoms with Gasteiger partial charge in [-0.15, -0.1) is 11.3 Å². The SMILES string of the molecule is CCc1cc(CC(NC)c2cscn2)n(CC)n1. The Morgan fingerprint density at radius 1 is 1.44 bits per heavy atom. The summed E-state index contributed by atoms with van der Waals surface area (Å²) >= 11 is 1.64. The summed E-state index contributed by atoms with van der Waals surface area (Å²) in [6.45, 7) is 5.19. The molecule has 0 amide bonds. The Morgan fingerprint density at radius 3 is 2.83 bits per heavy atom. The van der Waals surface area contributed by atoms with E-state index in [2.05, 4.69) is 45.4 Å². The summed E-state index contributed by atoms with van der Waals surface area (Å²) in [5.41, 5.74) is 5.44. The van der Waals surface area contributed by atoms with E-state index in [1.54, 1.807) is 11.3 Å². The molecule has 1 atom stereocenters. The summed E-state index contributed by atoms with van der Waals surface area (Å²) < 4.78 is 2.09. The predicted molar refractivity (Wildman–Crippen MR) is 74.9 cm³/mol. The fourth-order valence-electron chi connectivity index (χ4n) is 2.08. The van der Waals surface area contributed by atoms with Crippen LogP contribution in [0, 0.1) is 0 Å². The van der Waals surface area contributed by atoms with Gasteiger partial charge in [0.2, 0.25) is 0 Å². The summed E-state index contributed by atoms with van der Waals surface area (Å²) in [7, 11) is 1.98. The monoisotopic (exact) mass is 264 g/mol. The number of aromatic nitrogens is 3. The lowest BCUT2D eigenvalue weighted by molar-refractivity contribution is 0.533. The van der Waals surface area contributed by atoms with Crippen LogP contribution >= 0.6 is 11.3 Å². The molecular weight excluding hydrogens is 244 g/mol. The van der Waals surface area contributed by atoms with Crippen LogP contribution in [0.25, 0.3) is 0 Å². The summed E-state index contributed by atoms with van der Waals surface area (Å²) in [5, 5.41) is 10.0. The van der Waals surface area contributed by atoms with Crippen molar-refractivity contribution in [1.29, 1.82) is 0 Å². The molecule has 2 heterocycles. The van der Waals surface area contributed by atoms with Crippen LogP contribution in [-0.4, -0.2) is 21.8 Å². The Hall–Kier alpha value is -1.20. The lowest BCUT2D eigenvalue weighted by Crippen LogP contribution is -2.20. The highest BCUT2D eigenvalue weighted by molar-refractivity contribution is 7.07. The van der Waals surface area contributed by atoms with Crippen molar-refractivity contribution in [2.45, 2.75) is 39.3 Å². The third-order valence-corrected chi connectivity index (χ3v) is 3.75. The number of hydrogen-bond donors (Lipinski definition) is 1. The van der Waals surface area contributed by atoms with E-state index in [1.807, 2.05) is 12.6 Å². The van der Waals surface area contributed by atoms with Crippen molar-refractivity contribution >= 4 is 11.3 Å². The number of rotatable bonds is 6. The number of nitrogens with zero attached hydrogens (tertiary/aromatic N) is 3. The highest BCUT2D eigenvalue weighted by Gasteiger charge is 2.15. The van der Waals surface area contributed by atoms with Crippen molar-refractivity contribution < 1.29 is 0 Å². The molecule has 1 unspecified atom stereocenters. The molecule has 0 radical (unpaired) electrons. The lowest BCUT2D eigenvalue weighted by Gasteiger charge is -2.14. The van der Waals surface area contributed by atoms with Crippen LogP contribution in [0.3, 0.4) is 0 Å². The zero-order valence-corrected chi connectivity index (χ0v) is 12.0. The van der Waals surface area contributed by atoms with Gasteiger partial charge in [-0.2, -0.15) is 5.10 Å². The van der Waals surface area contributed by atoms with Crippen molar-refractivity contribution in [3.63, 3.8) is 0 Å². The van der Waals surface area contributed by atoms with E-state index >= 15 is 0 Å². The average Bonchev–Trinajstić information content (AvgIpc) is 3.04. The second-order valence-electron chi connectivity index (χ2n) is 4.26. The van der Waals surface area contributed by atoms with Gasteiger partial charge in [0.15, 0.2) is 0 Å². The van der Waals surface area contributed by atoms with Gasteiger partial charge in [-0.3, -0.25) is 4.68 Å². The molecule has 0 saturated carbocycles. The summed E-state index contributed by atoms with van der Waals surface area (Å²) in [4.78, 5) is 4.39. The molecule has 0 aliphatic heterocycles. The molecule has 0 fully saturated rings. The van der Waals surface area contributed by atoms with Crippen LogP contribution in [0.4, 0.5) is 0 Å². The number of hydrogen-bond acceptors (Lipinski definition) is 4. The van der Waals surface area contributed by atoms with Crippen molar-refractivity contribution in [2.75, 3.05) is 7.05 Å². The van der Waals surface area contributed by atoms with Crippen LogP contribution in [0.1, 0.15) is 37.0 Å². The van der Waals surface area contributed by atoms with Crippen LogP contribution < -0.4 is 5.32 Å². The van der Waals surface area contributed by atoms with Crippen LogP contribution in [0.2, 0.25) is 0 Å². The van der Waals surface area contributed by atoms with Gasteiger partial charge < -0.3 is 5.32 Å². The third kappa shape index (κ3) is 2.79. The van der Waals surface area contributed by atoms with Crippen molar-refractivity contribution in [3.05, 3.63) is 34.0 Å². The fraction of sp³-hybridized carbons (Fsp3) is 0.538. The molecule has 0 aliphatic rings. The maximum absolute atomic E-state index is 4.59. The first-order valence-corrected chi connectivity index (χ1v) is 7.33. The van der Waals surface area contributed by atoms with E-state index in [0.717, 1.165) is 25.1 Å². The van der Waals surface area contributed by atoms with Gasteiger partial charge in [0, 0.05) is 24.0 Å². The van der Waals surface area contributed by atoms with Crippen molar-refractivity contribution in [1.82, 2.24) is 20.1 Å². The standard InChI is InChI=1S/C13H20N4S/c1-4-10-6-11(17(5-2)16-10)7-12(14-3)13-8-18-9-15-13/h6,8-9,12,14H,4-5,7H2,1-3H3. The van der Waals surface area contributed by atoms with Gasteiger partial charge in [0.1, 0.15) is 0 Å². The zero-order valence-electron chi connectivity index (χ0n) is 11.2. The second kappa shape index (κ2) is 6.11. The van der Waals surface area contributed by atoms with Gasteiger partial charge in [-0.1, -0.05) is 6.92 Å². The minimum atomic E-state index is 0.267. The number of likely N-dealkylation sites (N-methyl/N-ethyl adjacent to an activating group) is 1. The summed E-state index contributed by atoms with van der Waals surface area (Å²) in [6.07, 6.45) is 1.92. The molecule has 0 aliphatic carbocycles. The minimum absolute atomic E-state index is 0.267. The van der Waals surface area contributed by atoms with E-state index in [4.69, 9.17) is 0 Å². The highest BCUT2D eigenvalue weighted by Crippen LogP contribution is 2.19. The van der Waals surface area contributed by atoms with Crippen LogP contribution in [-0.2, 0) is 19.4 Å². The molecule has 4 nitrogen and oxygen atoms in total. The topological polar surface area (TPSA) is 42.7 Å². The number of aryl methyl sites for hydroxylation is 2. The van der Waals surface area contributed by atoms with Gasteiger partial charge in [-0.05, 0) is 26.5 Å². The quantitative estimate of drug-likeness (QED) is 0.871. The Balaban J connectivity index is 2.19. The Bertz CT molecular complexity index is 475. The molecule has 18 heavy (non-hydrogen) atoms. The minimum Gasteiger partial charge on any atom is -0.311 e. The van der Waals surface area contributed by atoms with E-state index in [1.165, 1.54) is 11.4 Å². The number of thiazole rings is 1. The van der Waals surface area contributed by atoms with Gasteiger partial charge in [0.05, 0.1) is 22.9 Å². The zero-order chi connectivity index (χ0) is 13.0. The molecule has 2 rings (SSSR count). The molecule has 5 heteroatoms. The molecule has 0 aromatic carbocycles. The maximum Gasteiger partial charge on any atom is 0.0795 e. The molecular formula is C13H20N4S. The second-order valence-corrected chi connectivity index (χ2v) is 4.97. The molecule has 1 N–H and O–H groups in total. The highest BCUT2D eigenvalue weighted by atomic mass is 32.1. The molecule has 0 bridgehead atoms. The van der Waals surface area contributed by atoms with E-state index < -0.39 is 0 Å². The van der Waals surface area contributed by atoms with Crippen molar-refractivity contribution in [3.8, 4) is 0 Å². The van der Waals surface area contributed by atoms with Gasteiger partial charge in [0.25, 0.3) is 0 Å². The van der Waals surface area contributed by atoms with E-state index in [-0.39, 0.29) is 6.04 Å². The van der Waals surface area contributed by atoms with Crippen LogP contribution in [0.5, 0.6) is 0 Å². The van der Waals surface area contributed by atoms with Gasteiger partial charge >= 0.3 is 0 Å². The van der Waals surface area contributed by atoms with E-state index in [9.17, 15) is 0 Å². The largest absolute Gasteiger partial charge is 0.311 e. The summed E-state index contributed by atoms with van der Waals surface area (Å²) in [5.74, 6) is 0. The molecule has 2 aromatic rings. The maximum atomic E-state index is 4.59. The Morgan fingerprint density at radius 2 is 2.28 bits per heavy atom. The first-order valence-electron chi connectivity index (χ1n) is 6.39. The Labute approximate surface area is 112 Å². The smallest absolute Gasteiger partial charge is 0.0795 e. The summed E-state index contributed by atoms with van der Waals surface area (Å²) in [6, 6.07) is 2.48. The fourth-order valence-corrected chi connectivity index (χ4v) is 2.69. The molecule has 0 saturated heterocycles.